The van der Waals surface area contributed by atoms with E-state index in [1.807, 2.05) is 12.1 Å². The van der Waals surface area contributed by atoms with Crippen molar-refractivity contribution in [3.05, 3.63) is 24.0 Å². The molecule has 0 saturated carbocycles. The van der Waals surface area contributed by atoms with Gasteiger partial charge in [0, 0.05) is 31.9 Å². The van der Waals surface area contributed by atoms with Crippen LogP contribution in [0.25, 0.3) is 0 Å². The van der Waals surface area contributed by atoms with Crippen LogP contribution in [0.15, 0.2) is 18.3 Å². The zero-order valence-corrected chi connectivity index (χ0v) is 10.2. The van der Waals surface area contributed by atoms with Crippen LogP contribution in [0.4, 0.5) is 0 Å². The maximum absolute atomic E-state index is 11.8. The van der Waals surface area contributed by atoms with Crippen LogP contribution in [-0.4, -0.2) is 47.9 Å². The second kappa shape index (κ2) is 6.03. The van der Waals surface area contributed by atoms with Crippen LogP contribution < -0.4 is 5.32 Å². The highest BCUT2D eigenvalue weighted by Gasteiger charge is 2.18. The van der Waals surface area contributed by atoms with Gasteiger partial charge in [-0.15, -0.1) is 12.4 Å². The van der Waals surface area contributed by atoms with E-state index in [0.717, 1.165) is 19.6 Å². The molecule has 2 N–H and O–H groups in total. The largest absolute Gasteiger partial charge is 0.359 e. The Balaban J connectivity index is 0.00000128. The number of nitrogens with one attached hydrogen (secondary N) is 2. The third kappa shape index (κ3) is 3.33. The van der Waals surface area contributed by atoms with Gasteiger partial charge in [0.15, 0.2) is 5.78 Å². The van der Waals surface area contributed by atoms with Gasteiger partial charge in [-0.25, -0.2) is 0 Å². The first-order valence-corrected chi connectivity index (χ1v) is 5.38. The van der Waals surface area contributed by atoms with E-state index in [0.29, 0.717) is 18.3 Å². The Kier molecular flexibility index (Phi) is 4.99. The van der Waals surface area contributed by atoms with Gasteiger partial charge in [-0.2, -0.15) is 0 Å². The summed E-state index contributed by atoms with van der Waals surface area (Å²) in [6, 6.07) is 4.16. The van der Waals surface area contributed by atoms with E-state index in [4.69, 9.17) is 0 Å². The molecule has 5 heteroatoms. The molecule has 1 fully saturated rings. The molecule has 90 valence electrons. The minimum atomic E-state index is 0. The van der Waals surface area contributed by atoms with Gasteiger partial charge >= 0.3 is 0 Å². The third-order valence-electron chi connectivity index (χ3n) is 2.72. The molecule has 0 aliphatic carbocycles. The Hall–Kier alpha value is -0.840. The summed E-state index contributed by atoms with van der Waals surface area (Å²) in [5.74, 6) is 0.175. The quantitative estimate of drug-likeness (QED) is 0.776. The fraction of sp³-hybridized carbons (Fsp3) is 0.545. The van der Waals surface area contributed by atoms with Crippen LogP contribution in [0.1, 0.15) is 17.4 Å². The first-order chi connectivity index (χ1) is 7.25. The zero-order valence-electron chi connectivity index (χ0n) is 9.40. The highest BCUT2D eigenvalue weighted by molar-refractivity contribution is 5.95. The molecule has 1 atom stereocenters. The van der Waals surface area contributed by atoms with E-state index in [1.54, 1.807) is 6.20 Å². The molecule has 0 aromatic carbocycles. The summed E-state index contributed by atoms with van der Waals surface area (Å²) in [6.45, 7) is 5.54. The second-order valence-electron chi connectivity index (χ2n) is 4.10. The molecular formula is C11H18ClN3O. The summed E-state index contributed by atoms with van der Waals surface area (Å²) in [4.78, 5) is 16.9. The van der Waals surface area contributed by atoms with Crippen LogP contribution in [0.2, 0.25) is 0 Å². The van der Waals surface area contributed by atoms with Crippen molar-refractivity contribution >= 4 is 18.2 Å². The van der Waals surface area contributed by atoms with Crippen molar-refractivity contribution in [2.45, 2.75) is 13.0 Å². The Morgan fingerprint density at radius 2 is 2.44 bits per heavy atom. The lowest BCUT2D eigenvalue weighted by Crippen LogP contribution is -2.50. The number of halogens is 1. The number of H-pyrrole nitrogens is 1. The number of aromatic amines is 1. The Bertz CT molecular complexity index is 326. The van der Waals surface area contributed by atoms with Gasteiger partial charge in [0.25, 0.3) is 0 Å². The van der Waals surface area contributed by atoms with Gasteiger partial charge in [-0.3, -0.25) is 9.69 Å². The molecule has 1 saturated heterocycles. The minimum absolute atomic E-state index is 0. The molecule has 4 nitrogen and oxygen atoms in total. The van der Waals surface area contributed by atoms with Crippen molar-refractivity contribution in [3.63, 3.8) is 0 Å². The van der Waals surface area contributed by atoms with Gasteiger partial charge < -0.3 is 10.3 Å². The molecule has 0 spiro atoms. The number of ketones is 1. The van der Waals surface area contributed by atoms with Crippen LogP contribution in [0.3, 0.4) is 0 Å². The summed E-state index contributed by atoms with van der Waals surface area (Å²) < 4.78 is 0. The molecule has 1 aromatic rings. The first kappa shape index (κ1) is 13.2. The van der Waals surface area contributed by atoms with Crippen LogP contribution >= 0.6 is 12.4 Å². The highest BCUT2D eigenvalue weighted by atomic mass is 35.5. The monoisotopic (exact) mass is 243 g/mol. The number of carbonyl (C=O) groups is 1. The van der Waals surface area contributed by atoms with E-state index >= 15 is 0 Å². The topological polar surface area (TPSA) is 48.1 Å². The number of piperazine rings is 1. The van der Waals surface area contributed by atoms with Crippen LogP contribution in [0.5, 0.6) is 0 Å². The Morgan fingerprint density at radius 3 is 3.06 bits per heavy atom. The van der Waals surface area contributed by atoms with Crippen molar-refractivity contribution in [3.8, 4) is 0 Å². The summed E-state index contributed by atoms with van der Waals surface area (Å²) >= 11 is 0. The average Bonchev–Trinajstić information content (AvgIpc) is 2.70. The van der Waals surface area contributed by atoms with Gasteiger partial charge in [0.2, 0.25) is 0 Å². The smallest absolute Gasteiger partial charge is 0.192 e. The second-order valence-corrected chi connectivity index (χ2v) is 4.10. The van der Waals surface area contributed by atoms with Crippen LogP contribution in [-0.2, 0) is 0 Å². The van der Waals surface area contributed by atoms with Gasteiger partial charge in [-0.1, -0.05) is 0 Å². The van der Waals surface area contributed by atoms with E-state index in [-0.39, 0.29) is 18.2 Å². The van der Waals surface area contributed by atoms with Crippen LogP contribution in [0, 0.1) is 0 Å². The first-order valence-electron chi connectivity index (χ1n) is 5.38. The fourth-order valence-corrected chi connectivity index (χ4v) is 1.95. The molecule has 2 rings (SSSR count). The minimum Gasteiger partial charge on any atom is -0.359 e. The standard InChI is InChI=1S/C11H17N3O.ClH/c1-9-7-14(6-5-12-9)8-11(15)10-3-2-4-13-10;/h2-4,9,12-13H,5-8H2,1H3;1H. The van der Waals surface area contributed by atoms with Crippen molar-refractivity contribution in [2.75, 3.05) is 26.2 Å². The lowest BCUT2D eigenvalue weighted by molar-refractivity contribution is 0.0904. The molecule has 0 radical (unpaired) electrons. The summed E-state index contributed by atoms with van der Waals surface area (Å²) in [6.07, 6.45) is 1.79. The predicted molar refractivity (Wildman–Crippen MR) is 66.3 cm³/mol. The molecule has 16 heavy (non-hydrogen) atoms. The van der Waals surface area contributed by atoms with Crippen molar-refractivity contribution in [2.24, 2.45) is 0 Å². The maximum atomic E-state index is 11.8. The SMILES string of the molecule is CC1CN(CC(=O)c2ccc[nH]2)CCN1.Cl. The summed E-state index contributed by atoms with van der Waals surface area (Å²) in [5.41, 5.74) is 0.709. The Morgan fingerprint density at radius 1 is 1.62 bits per heavy atom. The zero-order chi connectivity index (χ0) is 10.7. The van der Waals surface area contributed by atoms with Gasteiger partial charge in [0.05, 0.1) is 12.2 Å². The Labute approximate surface area is 102 Å². The van der Waals surface area contributed by atoms with Gasteiger partial charge in [0.1, 0.15) is 0 Å². The number of hydrogen-bond donors (Lipinski definition) is 2. The number of nitrogens with zero attached hydrogens (tertiary/aromatic N) is 1. The van der Waals surface area contributed by atoms with Crippen molar-refractivity contribution < 1.29 is 4.79 Å². The molecule has 1 aliphatic rings. The molecule has 0 bridgehead atoms. The lowest BCUT2D eigenvalue weighted by Gasteiger charge is -2.31. The molecular weight excluding hydrogens is 226 g/mol. The molecule has 2 heterocycles. The van der Waals surface area contributed by atoms with E-state index in [1.165, 1.54) is 0 Å². The fourth-order valence-electron chi connectivity index (χ4n) is 1.95. The third-order valence-corrected chi connectivity index (χ3v) is 2.72. The predicted octanol–water partition coefficient (Wildman–Crippen LogP) is 0.913. The molecule has 1 unspecified atom stereocenters. The molecule has 0 amide bonds. The number of rotatable bonds is 3. The number of carbonyl (C=O) groups excluding carboxylic acids is 1. The van der Waals surface area contributed by atoms with Crippen molar-refractivity contribution in [1.29, 1.82) is 0 Å². The maximum Gasteiger partial charge on any atom is 0.192 e. The summed E-state index contributed by atoms with van der Waals surface area (Å²) in [5, 5.41) is 3.36. The van der Waals surface area contributed by atoms with E-state index < -0.39 is 0 Å². The van der Waals surface area contributed by atoms with Crippen molar-refractivity contribution in [1.82, 2.24) is 15.2 Å². The number of hydrogen-bond acceptors (Lipinski definition) is 3. The van der Waals surface area contributed by atoms with Gasteiger partial charge in [-0.05, 0) is 19.1 Å². The average molecular weight is 244 g/mol. The summed E-state index contributed by atoms with van der Waals surface area (Å²) in [7, 11) is 0. The van der Waals surface area contributed by atoms with E-state index in [9.17, 15) is 4.79 Å². The number of aromatic nitrogens is 1. The number of Topliss-reactive ketones (excluding diaryl/α,β-unsaturated/α-hetero) is 1. The highest BCUT2D eigenvalue weighted by Crippen LogP contribution is 2.02. The molecule has 1 aliphatic heterocycles. The van der Waals surface area contributed by atoms with E-state index in [2.05, 4.69) is 22.1 Å². The molecule has 1 aromatic heterocycles. The normalized spacial score (nSPS) is 21.4. The lowest BCUT2D eigenvalue weighted by atomic mass is 10.2.